The molecule has 4 rings (SSSR count). The van der Waals surface area contributed by atoms with Crippen LogP contribution in [0.15, 0.2) is 36.5 Å². The van der Waals surface area contributed by atoms with E-state index in [1.54, 1.807) is 36.2 Å². The van der Waals surface area contributed by atoms with E-state index >= 15 is 0 Å². The van der Waals surface area contributed by atoms with Crippen LogP contribution in [-0.2, 0) is 25.6 Å². The van der Waals surface area contributed by atoms with Crippen molar-refractivity contribution in [3.05, 3.63) is 46.6 Å². The second-order valence-electron chi connectivity index (χ2n) is 8.07. The number of carbonyl (C=O) groups is 3. The highest BCUT2D eigenvalue weighted by molar-refractivity contribution is 5.84. The summed E-state index contributed by atoms with van der Waals surface area (Å²) in [4.78, 5) is 50.7. The zero-order chi connectivity index (χ0) is 24.2. The molecule has 2 aromatic rings. The van der Waals surface area contributed by atoms with Crippen molar-refractivity contribution in [3.63, 3.8) is 0 Å². The van der Waals surface area contributed by atoms with Crippen LogP contribution >= 0.6 is 0 Å². The van der Waals surface area contributed by atoms with Gasteiger partial charge in [-0.15, -0.1) is 0 Å². The zero-order valence-corrected chi connectivity index (χ0v) is 18.7. The molecule has 3 heterocycles. The molecule has 0 spiro atoms. The SMILES string of the molecule is CCOC(=O)C1COC(=O)N1C1CCN(C(=O)Cn2ccc(-c3ccc([N+](=O)[O-])cc3)n2)CC1. The van der Waals surface area contributed by atoms with Gasteiger partial charge in [-0.25, -0.2) is 9.59 Å². The van der Waals surface area contributed by atoms with E-state index in [1.807, 2.05) is 0 Å². The molecule has 0 saturated carbocycles. The van der Waals surface area contributed by atoms with Crippen LogP contribution in [0.5, 0.6) is 0 Å². The van der Waals surface area contributed by atoms with E-state index in [0.717, 1.165) is 0 Å². The van der Waals surface area contributed by atoms with E-state index in [-0.39, 0.29) is 37.4 Å². The summed E-state index contributed by atoms with van der Waals surface area (Å²) in [5, 5.41) is 15.2. The number of esters is 1. The lowest BCUT2D eigenvalue weighted by Crippen LogP contribution is -2.52. The van der Waals surface area contributed by atoms with E-state index in [9.17, 15) is 24.5 Å². The fourth-order valence-electron chi connectivity index (χ4n) is 4.25. The molecule has 1 aromatic carbocycles. The summed E-state index contributed by atoms with van der Waals surface area (Å²) >= 11 is 0. The number of carbonyl (C=O) groups excluding carboxylic acids is 3. The van der Waals surface area contributed by atoms with Gasteiger partial charge in [-0.1, -0.05) is 0 Å². The van der Waals surface area contributed by atoms with E-state index in [4.69, 9.17) is 9.47 Å². The number of piperidine rings is 1. The number of aromatic nitrogens is 2. The Bertz CT molecular complexity index is 1080. The Kier molecular flexibility index (Phi) is 6.75. The predicted molar refractivity (Wildman–Crippen MR) is 118 cm³/mol. The maximum Gasteiger partial charge on any atom is 0.410 e. The fraction of sp³-hybridized carbons (Fsp3) is 0.455. The Balaban J connectivity index is 1.32. The number of cyclic esters (lactones) is 1. The van der Waals surface area contributed by atoms with Gasteiger partial charge in [-0.2, -0.15) is 5.10 Å². The molecule has 0 aliphatic carbocycles. The number of hydrogen-bond acceptors (Lipinski definition) is 8. The van der Waals surface area contributed by atoms with Gasteiger partial charge in [0.25, 0.3) is 5.69 Å². The van der Waals surface area contributed by atoms with Gasteiger partial charge in [-0.3, -0.25) is 24.5 Å². The Morgan fingerprint density at radius 3 is 2.56 bits per heavy atom. The molecule has 34 heavy (non-hydrogen) atoms. The second-order valence-corrected chi connectivity index (χ2v) is 8.07. The highest BCUT2D eigenvalue weighted by atomic mass is 16.6. The maximum atomic E-state index is 12.8. The van der Waals surface area contributed by atoms with Crippen molar-refractivity contribution in [1.29, 1.82) is 0 Å². The van der Waals surface area contributed by atoms with E-state index in [0.29, 0.717) is 37.2 Å². The maximum absolute atomic E-state index is 12.8. The van der Waals surface area contributed by atoms with Crippen LogP contribution in [0.25, 0.3) is 11.3 Å². The quantitative estimate of drug-likeness (QED) is 0.339. The standard InChI is InChI=1S/C22H25N5O7/c1-2-33-21(29)19-14-34-22(30)26(19)16-7-10-24(11-8-16)20(28)13-25-12-9-18(23-25)15-3-5-17(6-4-15)27(31)32/h3-6,9,12,16,19H,2,7-8,10-11,13-14H2,1H3. The van der Waals surface area contributed by atoms with Crippen LogP contribution in [-0.4, -0.2) is 80.9 Å². The third kappa shape index (κ3) is 4.85. The van der Waals surface area contributed by atoms with Crippen molar-refractivity contribution >= 4 is 23.7 Å². The van der Waals surface area contributed by atoms with Crippen molar-refractivity contribution < 1.29 is 28.8 Å². The summed E-state index contributed by atoms with van der Waals surface area (Å²) in [5.74, 6) is -0.586. The molecule has 1 aromatic heterocycles. The van der Waals surface area contributed by atoms with Crippen LogP contribution in [0, 0.1) is 10.1 Å². The van der Waals surface area contributed by atoms with Gasteiger partial charge in [0.2, 0.25) is 5.91 Å². The summed E-state index contributed by atoms with van der Waals surface area (Å²) in [6, 6.07) is 6.84. The average molecular weight is 471 g/mol. The molecule has 2 aliphatic heterocycles. The van der Waals surface area contributed by atoms with E-state index < -0.39 is 23.0 Å². The summed E-state index contributed by atoms with van der Waals surface area (Å²) < 4.78 is 11.7. The van der Waals surface area contributed by atoms with Crippen molar-refractivity contribution in [2.75, 3.05) is 26.3 Å². The molecule has 12 nitrogen and oxygen atoms in total. The van der Waals surface area contributed by atoms with Gasteiger partial charge in [-0.05, 0) is 38.0 Å². The minimum absolute atomic E-state index is 0.00228. The number of non-ortho nitro benzene ring substituents is 1. The van der Waals surface area contributed by atoms with Crippen molar-refractivity contribution in [2.45, 2.75) is 38.4 Å². The van der Waals surface area contributed by atoms with E-state index in [1.165, 1.54) is 21.7 Å². The number of rotatable bonds is 7. The second kappa shape index (κ2) is 9.89. The number of benzene rings is 1. The Morgan fingerprint density at radius 2 is 1.91 bits per heavy atom. The Hall–Kier alpha value is -3.96. The summed E-state index contributed by atoms with van der Waals surface area (Å²) in [6.45, 7) is 2.85. The first kappa shape index (κ1) is 23.2. The lowest BCUT2D eigenvalue weighted by atomic mass is 10.0. The van der Waals surface area contributed by atoms with Crippen LogP contribution in [0.2, 0.25) is 0 Å². The third-order valence-corrected chi connectivity index (χ3v) is 5.99. The van der Waals surface area contributed by atoms with Crippen molar-refractivity contribution in [3.8, 4) is 11.3 Å². The fourth-order valence-corrected chi connectivity index (χ4v) is 4.25. The topological polar surface area (TPSA) is 137 Å². The van der Waals surface area contributed by atoms with Gasteiger partial charge in [0.1, 0.15) is 13.2 Å². The largest absolute Gasteiger partial charge is 0.464 e. The summed E-state index contributed by atoms with van der Waals surface area (Å²) in [7, 11) is 0. The zero-order valence-electron chi connectivity index (χ0n) is 18.7. The first-order valence-corrected chi connectivity index (χ1v) is 11.0. The molecular formula is C22H25N5O7. The van der Waals surface area contributed by atoms with Crippen LogP contribution in [0.3, 0.4) is 0 Å². The lowest BCUT2D eigenvalue weighted by molar-refractivity contribution is -0.384. The molecule has 12 heteroatoms. The molecule has 1 unspecified atom stereocenters. The molecule has 2 aliphatic rings. The molecule has 0 bridgehead atoms. The Labute approximate surface area is 195 Å². The van der Waals surface area contributed by atoms with Crippen LogP contribution < -0.4 is 0 Å². The number of nitro benzene ring substituents is 1. The third-order valence-electron chi connectivity index (χ3n) is 5.99. The predicted octanol–water partition coefficient (Wildman–Crippen LogP) is 1.83. The molecule has 180 valence electrons. The van der Waals surface area contributed by atoms with E-state index in [2.05, 4.69) is 5.10 Å². The monoisotopic (exact) mass is 471 g/mol. The van der Waals surface area contributed by atoms with Crippen LogP contribution in [0.1, 0.15) is 19.8 Å². The lowest BCUT2D eigenvalue weighted by Gasteiger charge is -2.37. The van der Waals surface area contributed by atoms with Crippen LogP contribution in [0.4, 0.5) is 10.5 Å². The molecule has 1 atom stereocenters. The smallest absolute Gasteiger partial charge is 0.410 e. The number of hydrogen-bond donors (Lipinski definition) is 0. The van der Waals surface area contributed by atoms with Gasteiger partial charge in [0.15, 0.2) is 6.04 Å². The van der Waals surface area contributed by atoms with Gasteiger partial charge in [0.05, 0.1) is 17.2 Å². The van der Waals surface area contributed by atoms with Crippen molar-refractivity contribution in [2.24, 2.45) is 0 Å². The minimum Gasteiger partial charge on any atom is -0.464 e. The molecule has 2 fully saturated rings. The number of amides is 2. The average Bonchev–Trinajstić information content (AvgIpc) is 3.46. The van der Waals surface area contributed by atoms with Gasteiger partial charge >= 0.3 is 12.1 Å². The number of nitro groups is 1. The number of nitrogens with zero attached hydrogens (tertiary/aromatic N) is 5. The molecule has 2 amide bonds. The van der Waals surface area contributed by atoms with Gasteiger partial charge < -0.3 is 14.4 Å². The Morgan fingerprint density at radius 1 is 1.21 bits per heavy atom. The minimum atomic E-state index is -0.749. The number of likely N-dealkylation sites (tertiary alicyclic amines) is 1. The first-order chi connectivity index (χ1) is 16.4. The molecule has 0 N–H and O–H groups in total. The highest BCUT2D eigenvalue weighted by Gasteiger charge is 2.44. The molecular weight excluding hydrogens is 446 g/mol. The van der Waals surface area contributed by atoms with Gasteiger partial charge in [0, 0.05) is 43.0 Å². The summed E-state index contributed by atoms with van der Waals surface area (Å²) in [6.07, 6.45) is 2.22. The highest BCUT2D eigenvalue weighted by Crippen LogP contribution is 2.25. The molecule has 2 saturated heterocycles. The molecule has 0 radical (unpaired) electrons. The van der Waals surface area contributed by atoms with Crippen molar-refractivity contribution in [1.82, 2.24) is 19.6 Å². The summed E-state index contributed by atoms with van der Waals surface area (Å²) in [5.41, 5.74) is 1.32. The first-order valence-electron chi connectivity index (χ1n) is 11.0. The normalized spacial score (nSPS) is 18.6. The number of ether oxygens (including phenoxy) is 2.